The van der Waals surface area contributed by atoms with Gasteiger partial charge in [-0.2, -0.15) is 0 Å². The first kappa shape index (κ1) is 29.0. The number of fused-ring (bicyclic) bond motifs is 15. The van der Waals surface area contributed by atoms with Crippen LogP contribution in [0.25, 0.3) is 86.2 Å². The third kappa shape index (κ3) is 3.58. The highest BCUT2D eigenvalue weighted by molar-refractivity contribution is 7.27. The van der Waals surface area contributed by atoms with E-state index in [1.165, 1.54) is 92.1 Å². The van der Waals surface area contributed by atoms with Gasteiger partial charge >= 0.3 is 6.85 Å². The van der Waals surface area contributed by atoms with Gasteiger partial charge in [0.1, 0.15) is 11.2 Å². The molecule has 0 unspecified atom stereocenters. The minimum atomic E-state index is -0.0672. The Balaban J connectivity index is 1.28. The van der Waals surface area contributed by atoms with E-state index in [-0.39, 0.29) is 6.85 Å². The van der Waals surface area contributed by atoms with Crippen LogP contribution in [-0.4, -0.2) is 11.3 Å². The standard InChI is InChI=1S/C49H29BN2OS/c1-28-22-24-38(36(26-28)29-12-3-2-4-13-29)51-39-27-30-14-5-6-15-31(30)43-34-18-11-19-35-46(34)52(47-33-17-8-10-21-42(33)54-49(35)47)50(45(39)43)37-23-25-41-44(48(37)51)32-16-7-9-20-40(32)53-41/h2-27H,1H3. The highest BCUT2D eigenvalue weighted by Crippen LogP contribution is 2.53. The van der Waals surface area contributed by atoms with Crippen LogP contribution in [-0.2, 0) is 0 Å². The Labute approximate surface area is 315 Å². The number of nitrogens with zero attached hydrogens (tertiary/aromatic N) is 2. The molecule has 0 fully saturated rings. The monoisotopic (exact) mass is 704 g/mol. The Morgan fingerprint density at radius 2 is 1.35 bits per heavy atom. The van der Waals surface area contributed by atoms with Crippen molar-refractivity contribution in [3.8, 4) is 22.3 Å². The van der Waals surface area contributed by atoms with E-state index in [0.29, 0.717) is 0 Å². The highest BCUT2D eigenvalue weighted by Gasteiger charge is 2.45. The maximum absolute atomic E-state index is 6.68. The van der Waals surface area contributed by atoms with Gasteiger partial charge in [0, 0.05) is 43.2 Å². The zero-order chi connectivity index (χ0) is 35.2. The lowest BCUT2D eigenvalue weighted by Crippen LogP contribution is -2.56. The van der Waals surface area contributed by atoms with Gasteiger partial charge in [-0.25, -0.2) is 0 Å². The van der Waals surface area contributed by atoms with Crippen molar-refractivity contribution in [2.75, 3.05) is 4.90 Å². The van der Waals surface area contributed by atoms with Gasteiger partial charge in [-0.1, -0.05) is 127 Å². The summed E-state index contributed by atoms with van der Waals surface area (Å²) in [6, 6.07) is 58.3. The summed E-state index contributed by atoms with van der Waals surface area (Å²) >= 11 is 1.92. The number of furan rings is 1. The van der Waals surface area contributed by atoms with Crippen molar-refractivity contribution in [2.45, 2.75) is 6.92 Å². The van der Waals surface area contributed by atoms with Gasteiger partial charge in [0.25, 0.3) is 0 Å². The zero-order valence-corrected chi connectivity index (χ0v) is 30.1. The Kier molecular flexibility index (Phi) is 5.53. The second-order valence-corrected chi connectivity index (χ2v) is 15.9. The molecule has 2 aliphatic heterocycles. The number of hydrogen-bond donors (Lipinski definition) is 0. The first-order chi connectivity index (χ1) is 26.7. The van der Waals surface area contributed by atoms with E-state index >= 15 is 0 Å². The SMILES string of the molecule is Cc1ccc(N2c3cc4ccccc4c4c3B(c3ccc5oc6ccccc6c5c32)n2c3c-4cccc3c3sc4ccccc4c32)c(-c2ccccc2)c1. The number of aromatic nitrogens is 1. The smallest absolute Gasteiger partial charge is 0.333 e. The van der Waals surface area contributed by atoms with Gasteiger partial charge in [-0.05, 0) is 76.1 Å². The van der Waals surface area contributed by atoms with Crippen molar-refractivity contribution in [2.24, 2.45) is 0 Å². The number of hydrogen-bond acceptors (Lipinski definition) is 3. The first-order valence-electron chi connectivity index (χ1n) is 18.6. The molecule has 0 amide bonds. The summed E-state index contributed by atoms with van der Waals surface area (Å²) < 4.78 is 12.1. The molecule has 0 radical (unpaired) electrons. The van der Waals surface area contributed by atoms with Crippen LogP contribution in [0.1, 0.15) is 5.56 Å². The van der Waals surface area contributed by atoms with E-state index in [1.807, 2.05) is 11.3 Å². The summed E-state index contributed by atoms with van der Waals surface area (Å²) in [5, 5.41) is 7.45. The van der Waals surface area contributed by atoms with Gasteiger partial charge in [0.05, 0.1) is 27.0 Å². The molecule has 0 bridgehead atoms. The molecule has 2 aliphatic rings. The number of thiophene rings is 1. The summed E-state index contributed by atoms with van der Waals surface area (Å²) in [6.07, 6.45) is 0. The second-order valence-electron chi connectivity index (χ2n) is 14.9. The van der Waals surface area contributed by atoms with Crippen LogP contribution in [0.5, 0.6) is 0 Å². The molecule has 5 heterocycles. The molecular formula is C49H29BN2OS. The number of para-hydroxylation sites is 2. The van der Waals surface area contributed by atoms with Gasteiger partial charge in [0.2, 0.25) is 0 Å². The van der Waals surface area contributed by atoms with E-state index in [9.17, 15) is 0 Å². The molecule has 3 nitrogen and oxygen atoms in total. The van der Waals surface area contributed by atoms with Crippen molar-refractivity contribution in [1.82, 2.24) is 4.48 Å². The summed E-state index contributed by atoms with van der Waals surface area (Å²) in [7, 11) is 0. The van der Waals surface area contributed by atoms with E-state index in [2.05, 4.69) is 174 Å². The topological polar surface area (TPSA) is 21.3 Å². The van der Waals surface area contributed by atoms with Crippen molar-refractivity contribution in [1.29, 1.82) is 0 Å². The lowest BCUT2D eigenvalue weighted by atomic mass is 9.44. The number of aryl methyl sites for hydroxylation is 1. The minimum Gasteiger partial charge on any atom is -0.456 e. The quantitative estimate of drug-likeness (QED) is 0.167. The third-order valence-corrected chi connectivity index (χ3v) is 13.2. The maximum atomic E-state index is 6.68. The molecule has 0 N–H and O–H groups in total. The molecule has 0 aliphatic carbocycles. The second kappa shape index (κ2) is 10.3. The van der Waals surface area contributed by atoms with Crippen LogP contribution >= 0.6 is 11.3 Å². The van der Waals surface area contributed by atoms with Crippen LogP contribution in [0, 0.1) is 6.92 Å². The summed E-state index contributed by atoms with van der Waals surface area (Å²) in [4.78, 5) is 2.58. The van der Waals surface area contributed by atoms with Crippen molar-refractivity contribution in [3.63, 3.8) is 0 Å². The lowest BCUT2D eigenvalue weighted by Gasteiger charge is -2.42. The summed E-state index contributed by atoms with van der Waals surface area (Å²) in [5.74, 6) is 0. The molecule has 54 heavy (non-hydrogen) atoms. The number of rotatable bonds is 2. The molecule has 3 aromatic heterocycles. The molecule has 11 aromatic rings. The van der Waals surface area contributed by atoms with Crippen LogP contribution in [0.3, 0.4) is 0 Å². The van der Waals surface area contributed by atoms with Gasteiger partial charge < -0.3 is 13.8 Å². The summed E-state index contributed by atoms with van der Waals surface area (Å²) in [6.45, 7) is 2.13. The molecule has 13 rings (SSSR count). The Morgan fingerprint density at radius 1 is 0.574 bits per heavy atom. The first-order valence-corrected chi connectivity index (χ1v) is 19.4. The molecule has 8 aromatic carbocycles. The fraction of sp³-hybridized carbons (Fsp3) is 0.0204. The molecule has 250 valence electrons. The van der Waals surface area contributed by atoms with Crippen LogP contribution in [0.15, 0.2) is 162 Å². The van der Waals surface area contributed by atoms with Crippen LogP contribution in [0.2, 0.25) is 0 Å². The van der Waals surface area contributed by atoms with Gasteiger partial charge in [0.15, 0.2) is 0 Å². The Morgan fingerprint density at radius 3 is 2.26 bits per heavy atom. The number of benzene rings is 8. The van der Waals surface area contributed by atoms with Crippen molar-refractivity contribution < 1.29 is 4.42 Å². The van der Waals surface area contributed by atoms with E-state index in [4.69, 9.17) is 4.42 Å². The van der Waals surface area contributed by atoms with Crippen molar-refractivity contribution >= 4 is 110 Å². The molecular weight excluding hydrogens is 675 g/mol. The van der Waals surface area contributed by atoms with E-state index in [0.717, 1.165) is 27.6 Å². The van der Waals surface area contributed by atoms with Gasteiger partial charge in [-0.15, -0.1) is 11.3 Å². The predicted octanol–water partition coefficient (Wildman–Crippen LogP) is 12.5. The predicted molar refractivity (Wildman–Crippen MR) is 230 cm³/mol. The Bertz CT molecular complexity index is 3430. The highest BCUT2D eigenvalue weighted by atomic mass is 32.1. The average Bonchev–Trinajstić information content (AvgIpc) is 3.89. The minimum absolute atomic E-state index is 0.0672. The van der Waals surface area contributed by atoms with Gasteiger partial charge in [-0.3, -0.25) is 0 Å². The maximum Gasteiger partial charge on any atom is 0.333 e. The molecule has 0 saturated heterocycles. The molecule has 0 saturated carbocycles. The van der Waals surface area contributed by atoms with E-state index in [1.54, 1.807) is 0 Å². The fourth-order valence-electron chi connectivity index (χ4n) is 9.88. The largest absolute Gasteiger partial charge is 0.456 e. The average molecular weight is 705 g/mol. The fourth-order valence-corrected chi connectivity index (χ4v) is 11.1. The molecule has 0 spiro atoms. The zero-order valence-electron chi connectivity index (χ0n) is 29.3. The molecule has 5 heteroatoms. The normalized spacial score (nSPS) is 13.2. The third-order valence-electron chi connectivity index (χ3n) is 12.0. The molecule has 0 atom stereocenters. The van der Waals surface area contributed by atoms with Crippen LogP contribution in [0.4, 0.5) is 17.1 Å². The Hall–Kier alpha value is -6.56. The summed E-state index contributed by atoms with van der Waals surface area (Å²) in [5.41, 5.74) is 16.9. The number of anilines is 3. The van der Waals surface area contributed by atoms with Crippen molar-refractivity contribution in [3.05, 3.63) is 163 Å². The van der Waals surface area contributed by atoms with E-state index < -0.39 is 0 Å². The van der Waals surface area contributed by atoms with Crippen LogP contribution < -0.4 is 15.8 Å². The lowest BCUT2D eigenvalue weighted by molar-refractivity contribution is 0.669.